The largest absolute Gasteiger partial charge is 0.465 e. The van der Waals surface area contributed by atoms with Gasteiger partial charge in [-0.05, 0) is 34.7 Å². The first-order valence-corrected chi connectivity index (χ1v) is 12.6. The van der Waals surface area contributed by atoms with Gasteiger partial charge in [0.1, 0.15) is 29.3 Å². The summed E-state index contributed by atoms with van der Waals surface area (Å²) in [6.07, 6.45) is 4.57. The van der Waals surface area contributed by atoms with Crippen LogP contribution in [0.15, 0.2) is 49.1 Å². The quantitative estimate of drug-likeness (QED) is 0.220. The Labute approximate surface area is 242 Å². The number of aromatic nitrogens is 9. The minimum Gasteiger partial charge on any atom is -0.465 e. The summed E-state index contributed by atoms with van der Waals surface area (Å²) in [5.74, 6) is -1.25. The fourth-order valence-electron chi connectivity index (χ4n) is 4.55. The van der Waals surface area contributed by atoms with Crippen molar-refractivity contribution in [3.8, 4) is 22.8 Å². The van der Waals surface area contributed by atoms with Gasteiger partial charge in [0.15, 0.2) is 11.5 Å². The molecule has 1 saturated heterocycles. The van der Waals surface area contributed by atoms with E-state index in [9.17, 15) is 27.2 Å². The molecule has 1 fully saturated rings. The number of nitrogens with one attached hydrogen (secondary N) is 1. The molecule has 0 spiro atoms. The molecule has 228 valence electrons. The maximum atomic E-state index is 13.3. The van der Waals surface area contributed by atoms with Crippen LogP contribution in [0.25, 0.3) is 16.9 Å². The van der Waals surface area contributed by atoms with E-state index in [0.717, 1.165) is 18.2 Å². The number of ether oxygens (including phenoxy) is 2. The second-order valence-electron chi connectivity index (χ2n) is 9.29. The third kappa shape index (κ3) is 5.63. The lowest BCUT2D eigenvalue weighted by Crippen LogP contribution is -2.50. The molecule has 44 heavy (non-hydrogen) atoms. The molecule has 1 aliphatic rings. The summed E-state index contributed by atoms with van der Waals surface area (Å²) >= 11 is 0. The Morgan fingerprint density at radius 3 is 2.68 bits per heavy atom. The van der Waals surface area contributed by atoms with Gasteiger partial charge >= 0.3 is 19.3 Å². The summed E-state index contributed by atoms with van der Waals surface area (Å²) < 4.78 is 65.8. The highest BCUT2D eigenvalue weighted by atomic mass is 19.3. The molecule has 5 heterocycles. The predicted octanol–water partition coefficient (Wildman–Crippen LogP) is 2.62. The van der Waals surface area contributed by atoms with Crippen molar-refractivity contribution in [3.05, 3.63) is 60.4 Å². The molecule has 5 aromatic rings. The van der Waals surface area contributed by atoms with E-state index in [-0.39, 0.29) is 65.4 Å². The van der Waals surface area contributed by atoms with E-state index >= 15 is 0 Å². The average Bonchev–Trinajstić information content (AvgIpc) is 3.67. The molecule has 2 N–H and O–H groups in total. The third-order valence-electron chi connectivity index (χ3n) is 6.52. The standard InChI is InChI=1S/C24H19F4N11O5/c25-22(26)43-13-2-3-17(44-23(27)28)14(6-13)19-16(31-21(40)15-7-30-38-5-1-4-29-20(15)38)10-37(33-19)11-18-32-34-35-39(18)12-8-36(9-12)24(41)42/h1-7,10,12,22-23H,8-9,11H2,(H,31,40)(H,41,42). The van der Waals surface area contributed by atoms with Gasteiger partial charge < -0.3 is 24.8 Å². The molecule has 20 heteroatoms. The molecule has 1 aliphatic heterocycles. The van der Waals surface area contributed by atoms with Gasteiger partial charge in [0.05, 0.1) is 23.5 Å². The van der Waals surface area contributed by atoms with E-state index in [4.69, 9.17) is 5.11 Å². The monoisotopic (exact) mass is 617 g/mol. The number of tetrazole rings is 1. The summed E-state index contributed by atoms with van der Waals surface area (Å²) in [5, 5.41) is 31.8. The van der Waals surface area contributed by atoms with Crippen LogP contribution in [0.3, 0.4) is 0 Å². The van der Waals surface area contributed by atoms with Gasteiger partial charge in [0, 0.05) is 31.7 Å². The van der Waals surface area contributed by atoms with Crippen LogP contribution in [0.5, 0.6) is 11.5 Å². The highest BCUT2D eigenvalue weighted by Gasteiger charge is 2.34. The smallest absolute Gasteiger partial charge is 0.407 e. The lowest BCUT2D eigenvalue weighted by molar-refractivity contribution is -0.0526. The lowest BCUT2D eigenvalue weighted by Gasteiger charge is -2.36. The Hall–Kier alpha value is -5.82. The maximum absolute atomic E-state index is 13.3. The normalized spacial score (nSPS) is 13.5. The van der Waals surface area contributed by atoms with Crippen LogP contribution in [-0.4, -0.2) is 92.9 Å². The first-order chi connectivity index (χ1) is 21.2. The van der Waals surface area contributed by atoms with Crippen molar-refractivity contribution in [2.24, 2.45) is 0 Å². The molecule has 1 aromatic carbocycles. The zero-order chi connectivity index (χ0) is 31.0. The first kappa shape index (κ1) is 28.3. The Kier molecular flexibility index (Phi) is 7.37. The van der Waals surface area contributed by atoms with E-state index in [1.54, 1.807) is 12.3 Å². The number of carboxylic acid groups (broad SMARTS) is 1. The first-order valence-electron chi connectivity index (χ1n) is 12.6. The summed E-state index contributed by atoms with van der Waals surface area (Å²) in [6, 6.07) is 4.30. The highest BCUT2D eigenvalue weighted by Crippen LogP contribution is 2.38. The zero-order valence-corrected chi connectivity index (χ0v) is 22.0. The van der Waals surface area contributed by atoms with Crippen LogP contribution in [0.2, 0.25) is 0 Å². The van der Waals surface area contributed by atoms with Gasteiger partial charge in [-0.3, -0.25) is 9.48 Å². The number of nitrogens with zero attached hydrogens (tertiary/aromatic N) is 10. The van der Waals surface area contributed by atoms with E-state index in [1.807, 2.05) is 0 Å². The van der Waals surface area contributed by atoms with Crippen molar-refractivity contribution in [1.82, 2.24) is 49.5 Å². The summed E-state index contributed by atoms with van der Waals surface area (Å²) in [4.78, 5) is 29.8. The average molecular weight is 617 g/mol. The van der Waals surface area contributed by atoms with Gasteiger partial charge in [0.2, 0.25) is 0 Å². The number of hydrogen-bond acceptors (Lipinski definition) is 10. The number of fused-ring (bicyclic) bond motifs is 1. The second-order valence-corrected chi connectivity index (χ2v) is 9.29. The molecular weight excluding hydrogens is 598 g/mol. The molecule has 2 amide bonds. The topological polar surface area (TPSA) is 180 Å². The van der Waals surface area contributed by atoms with Crippen molar-refractivity contribution in [1.29, 1.82) is 0 Å². The number of hydrogen-bond donors (Lipinski definition) is 2. The number of anilines is 1. The molecule has 0 unspecified atom stereocenters. The molecule has 0 saturated carbocycles. The number of carbonyl (C=O) groups is 2. The number of carbonyl (C=O) groups excluding carboxylic acids is 1. The fourth-order valence-corrected chi connectivity index (χ4v) is 4.55. The summed E-state index contributed by atoms with van der Waals surface area (Å²) in [5.41, 5.74) is -0.0783. The molecule has 6 rings (SSSR count). The Morgan fingerprint density at radius 2 is 1.93 bits per heavy atom. The van der Waals surface area contributed by atoms with Crippen molar-refractivity contribution >= 4 is 23.3 Å². The minimum atomic E-state index is -3.28. The molecular formula is C24H19F4N11O5. The van der Waals surface area contributed by atoms with Crippen LogP contribution in [0.1, 0.15) is 22.2 Å². The van der Waals surface area contributed by atoms with Crippen LogP contribution < -0.4 is 14.8 Å². The molecule has 16 nitrogen and oxygen atoms in total. The van der Waals surface area contributed by atoms with Gasteiger partial charge in [-0.15, -0.1) is 5.10 Å². The van der Waals surface area contributed by atoms with Gasteiger partial charge in [-0.25, -0.2) is 19.0 Å². The number of amides is 2. The van der Waals surface area contributed by atoms with Gasteiger partial charge in [-0.1, -0.05) is 0 Å². The van der Waals surface area contributed by atoms with E-state index in [1.165, 1.54) is 37.4 Å². The maximum Gasteiger partial charge on any atom is 0.407 e. The molecule has 0 aliphatic carbocycles. The van der Waals surface area contributed by atoms with Crippen molar-refractivity contribution < 1.29 is 41.7 Å². The molecule has 0 radical (unpaired) electrons. The summed E-state index contributed by atoms with van der Waals surface area (Å²) in [7, 11) is 0. The fraction of sp³-hybridized carbons (Fsp3) is 0.250. The van der Waals surface area contributed by atoms with Crippen LogP contribution in [0.4, 0.5) is 28.0 Å². The number of rotatable bonds is 10. The predicted molar refractivity (Wildman–Crippen MR) is 137 cm³/mol. The van der Waals surface area contributed by atoms with Crippen LogP contribution in [-0.2, 0) is 6.54 Å². The van der Waals surface area contributed by atoms with Crippen LogP contribution >= 0.6 is 0 Å². The van der Waals surface area contributed by atoms with Gasteiger partial charge in [0.25, 0.3) is 5.91 Å². The van der Waals surface area contributed by atoms with E-state index < -0.39 is 31.0 Å². The molecule has 4 aromatic heterocycles. The van der Waals surface area contributed by atoms with Crippen molar-refractivity contribution in [2.45, 2.75) is 25.8 Å². The van der Waals surface area contributed by atoms with Crippen LogP contribution in [0, 0.1) is 0 Å². The number of likely N-dealkylation sites (tertiary alicyclic amines) is 1. The third-order valence-corrected chi connectivity index (χ3v) is 6.52. The van der Waals surface area contributed by atoms with E-state index in [2.05, 4.69) is 45.5 Å². The SMILES string of the molecule is O=C(Nc1cn(Cc2nnnn2C2CN(C(=O)O)C2)nc1-c1cc(OC(F)F)ccc1OC(F)F)c1cnn2cccnc12. The zero-order valence-electron chi connectivity index (χ0n) is 22.0. The number of benzene rings is 1. The van der Waals surface area contributed by atoms with E-state index in [0.29, 0.717) is 0 Å². The van der Waals surface area contributed by atoms with Gasteiger partial charge in [-0.2, -0.15) is 27.8 Å². The van der Waals surface area contributed by atoms with Crippen molar-refractivity contribution in [2.75, 3.05) is 18.4 Å². The summed E-state index contributed by atoms with van der Waals surface area (Å²) in [6.45, 7) is -6.31. The Balaban J connectivity index is 1.38. The minimum absolute atomic E-state index is 0.0293. The molecule has 0 bridgehead atoms. The highest BCUT2D eigenvalue weighted by molar-refractivity contribution is 6.09. The lowest BCUT2D eigenvalue weighted by atomic mass is 10.1. The van der Waals surface area contributed by atoms with Crippen molar-refractivity contribution in [3.63, 3.8) is 0 Å². The number of alkyl halides is 4. The second kappa shape index (κ2) is 11.5. The Bertz CT molecular complexity index is 1840. The Morgan fingerprint density at radius 1 is 1.14 bits per heavy atom. The number of halogens is 4. The molecule has 0 atom stereocenters.